The summed E-state index contributed by atoms with van der Waals surface area (Å²) in [6, 6.07) is 17.7. The van der Waals surface area contributed by atoms with Crippen molar-refractivity contribution in [2.75, 3.05) is 6.54 Å². The lowest BCUT2D eigenvalue weighted by Gasteiger charge is -2.33. The fourth-order valence-electron chi connectivity index (χ4n) is 3.69. The van der Waals surface area contributed by atoms with Gasteiger partial charge in [-0.05, 0) is 68.6 Å². The Morgan fingerprint density at radius 3 is 2.62 bits per heavy atom. The largest absolute Gasteiger partial charge is 0.481 e. The van der Waals surface area contributed by atoms with Crippen molar-refractivity contribution in [3.8, 4) is 11.8 Å². The van der Waals surface area contributed by atoms with E-state index in [2.05, 4.69) is 41.4 Å². The Morgan fingerprint density at radius 2 is 1.93 bits per heavy atom. The van der Waals surface area contributed by atoms with Crippen LogP contribution in [0.15, 0.2) is 48.5 Å². The standard InChI is InChI=1S/C24H29N3O2/c1-18-7-5-6-14-27(18)17-22-9-4-3-8-21(22)16-26-24(28)19(2)29-23-12-10-20(15-25)11-13-23/h3-4,8-13,18-19H,5-7,14,16-17H2,1-2H3,(H,26,28)/t18-,19+/m1/s1. The Kier molecular flexibility index (Phi) is 7.26. The molecular formula is C24H29N3O2. The van der Waals surface area contributed by atoms with Gasteiger partial charge in [-0.1, -0.05) is 30.7 Å². The summed E-state index contributed by atoms with van der Waals surface area (Å²) in [5, 5.41) is 11.9. The molecule has 1 aliphatic heterocycles. The van der Waals surface area contributed by atoms with Crippen LogP contribution >= 0.6 is 0 Å². The number of carbonyl (C=O) groups excluding carboxylic acids is 1. The van der Waals surface area contributed by atoms with Crippen molar-refractivity contribution < 1.29 is 9.53 Å². The van der Waals surface area contributed by atoms with Crippen molar-refractivity contribution in [3.63, 3.8) is 0 Å². The first kappa shape index (κ1) is 20.9. The van der Waals surface area contributed by atoms with Gasteiger partial charge in [0.1, 0.15) is 5.75 Å². The summed E-state index contributed by atoms with van der Waals surface area (Å²) in [4.78, 5) is 15.0. The molecule has 2 aromatic carbocycles. The molecule has 29 heavy (non-hydrogen) atoms. The summed E-state index contributed by atoms with van der Waals surface area (Å²) in [5.74, 6) is 0.418. The van der Waals surface area contributed by atoms with Crippen molar-refractivity contribution in [2.24, 2.45) is 0 Å². The third-order valence-electron chi connectivity index (χ3n) is 5.55. The minimum absolute atomic E-state index is 0.157. The van der Waals surface area contributed by atoms with E-state index in [0.717, 1.165) is 18.7 Å². The third-order valence-corrected chi connectivity index (χ3v) is 5.55. The Balaban J connectivity index is 1.56. The molecule has 1 N–H and O–H groups in total. The molecule has 0 unspecified atom stereocenters. The van der Waals surface area contributed by atoms with Crippen molar-refractivity contribution in [3.05, 3.63) is 65.2 Å². The van der Waals surface area contributed by atoms with Gasteiger partial charge in [-0.15, -0.1) is 0 Å². The minimum atomic E-state index is -0.614. The minimum Gasteiger partial charge on any atom is -0.481 e. The number of carbonyl (C=O) groups is 1. The van der Waals surface area contributed by atoms with E-state index in [-0.39, 0.29) is 5.91 Å². The van der Waals surface area contributed by atoms with Gasteiger partial charge in [0.25, 0.3) is 5.91 Å². The fourth-order valence-corrected chi connectivity index (χ4v) is 3.69. The molecule has 3 rings (SSSR count). The normalized spacial score (nSPS) is 17.9. The first-order valence-corrected chi connectivity index (χ1v) is 10.3. The molecule has 1 fully saturated rings. The van der Waals surface area contributed by atoms with Gasteiger partial charge in [0.05, 0.1) is 11.6 Å². The number of ether oxygens (including phenoxy) is 1. The highest BCUT2D eigenvalue weighted by Gasteiger charge is 2.20. The number of likely N-dealkylation sites (tertiary alicyclic amines) is 1. The third kappa shape index (κ3) is 5.82. The quantitative estimate of drug-likeness (QED) is 0.774. The Labute approximate surface area is 173 Å². The predicted molar refractivity (Wildman–Crippen MR) is 113 cm³/mol. The average Bonchev–Trinajstić information content (AvgIpc) is 2.75. The number of hydrogen-bond acceptors (Lipinski definition) is 4. The highest BCUT2D eigenvalue weighted by molar-refractivity contribution is 5.80. The van der Waals surface area contributed by atoms with Crippen LogP contribution in [0.25, 0.3) is 0 Å². The Hall–Kier alpha value is -2.84. The molecule has 5 heteroatoms. The zero-order valence-electron chi connectivity index (χ0n) is 17.2. The number of nitriles is 1. The molecule has 1 aliphatic rings. The number of nitrogens with one attached hydrogen (secondary N) is 1. The molecule has 1 saturated heterocycles. The average molecular weight is 392 g/mol. The maximum atomic E-state index is 12.5. The van der Waals surface area contributed by atoms with Crippen molar-refractivity contribution in [1.29, 1.82) is 5.26 Å². The molecule has 5 nitrogen and oxygen atoms in total. The predicted octanol–water partition coefficient (Wildman–Crippen LogP) is 4.02. The SMILES string of the molecule is C[C@H](Oc1ccc(C#N)cc1)C(=O)NCc1ccccc1CN1CCCC[C@H]1C. The number of nitrogens with zero attached hydrogens (tertiary/aromatic N) is 2. The zero-order valence-corrected chi connectivity index (χ0v) is 17.2. The second-order valence-electron chi connectivity index (χ2n) is 7.70. The molecule has 152 valence electrons. The van der Waals surface area contributed by atoms with E-state index in [1.54, 1.807) is 31.2 Å². The smallest absolute Gasteiger partial charge is 0.261 e. The molecule has 1 heterocycles. The first-order valence-electron chi connectivity index (χ1n) is 10.3. The molecule has 2 aromatic rings. The maximum Gasteiger partial charge on any atom is 0.261 e. The summed E-state index contributed by atoms with van der Waals surface area (Å²) in [6.07, 6.45) is 3.21. The van der Waals surface area contributed by atoms with Crippen LogP contribution in [-0.4, -0.2) is 29.5 Å². The molecule has 0 spiro atoms. The van der Waals surface area contributed by atoms with Crippen LogP contribution in [0.4, 0.5) is 0 Å². The second-order valence-corrected chi connectivity index (χ2v) is 7.70. The zero-order chi connectivity index (χ0) is 20.6. The number of piperidine rings is 1. The Bertz CT molecular complexity index is 857. The van der Waals surface area contributed by atoms with Crippen molar-refractivity contribution >= 4 is 5.91 Å². The summed E-state index contributed by atoms with van der Waals surface area (Å²) in [7, 11) is 0. The number of benzene rings is 2. The summed E-state index contributed by atoms with van der Waals surface area (Å²) >= 11 is 0. The molecule has 0 aromatic heterocycles. The van der Waals surface area contributed by atoms with E-state index in [9.17, 15) is 4.79 Å². The molecule has 0 radical (unpaired) electrons. The van der Waals surface area contributed by atoms with E-state index >= 15 is 0 Å². The highest BCUT2D eigenvalue weighted by atomic mass is 16.5. The summed E-state index contributed by atoms with van der Waals surface area (Å²) < 4.78 is 5.70. The van der Waals surface area contributed by atoms with Gasteiger partial charge in [0.2, 0.25) is 0 Å². The van der Waals surface area contributed by atoms with Crippen LogP contribution in [0.3, 0.4) is 0 Å². The van der Waals surface area contributed by atoms with Gasteiger partial charge >= 0.3 is 0 Å². The van der Waals surface area contributed by atoms with Crippen LogP contribution < -0.4 is 10.1 Å². The van der Waals surface area contributed by atoms with Crippen LogP contribution in [0.1, 0.15) is 49.8 Å². The highest BCUT2D eigenvalue weighted by Crippen LogP contribution is 2.21. The lowest BCUT2D eigenvalue weighted by atomic mass is 10.0. The molecule has 2 atom stereocenters. The second kappa shape index (κ2) is 10.1. The van der Waals surface area contributed by atoms with E-state index in [1.165, 1.54) is 24.8 Å². The number of amides is 1. The van der Waals surface area contributed by atoms with Gasteiger partial charge in [-0.3, -0.25) is 9.69 Å². The molecule has 0 saturated carbocycles. The number of hydrogen-bond donors (Lipinski definition) is 1. The van der Waals surface area contributed by atoms with Crippen LogP contribution in [0.5, 0.6) is 5.75 Å². The molecule has 0 bridgehead atoms. The van der Waals surface area contributed by atoms with Gasteiger partial charge < -0.3 is 10.1 Å². The van der Waals surface area contributed by atoms with Crippen LogP contribution in [0, 0.1) is 11.3 Å². The summed E-state index contributed by atoms with van der Waals surface area (Å²) in [5.41, 5.74) is 2.97. The Morgan fingerprint density at radius 1 is 1.21 bits per heavy atom. The van der Waals surface area contributed by atoms with Gasteiger partial charge in [-0.25, -0.2) is 0 Å². The summed E-state index contributed by atoms with van der Waals surface area (Å²) in [6.45, 7) is 6.57. The van der Waals surface area contributed by atoms with E-state index < -0.39 is 6.10 Å². The first-order chi connectivity index (χ1) is 14.1. The van der Waals surface area contributed by atoms with Crippen LogP contribution in [-0.2, 0) is 17.9 Å². The maximum absolute atomic E-state index is 12.5. The van der Waals surface area contributed by atoms with E-state index in [0.29, 0.717) is 23.9 Å². The van der Waals surface area contributed by atoms with Crippen molar-refractivity contribution in [1.82, 2.24) is 10.2 Å². The lowest BCUT2D eigenvalue weighted by molar-refractivity contribution is -0.127. The topological polar surface area (TPSA) is 65.4 Å². The fraction of sp³-hybridized carbons (Fsp3) is 0.417. The van der Waals surface area contributed by atoms with Gasteiger partial charge in [0.15, 0.2) is 6.10 Å². The molecule has 0 aliphatic carbocycles. The van der Waals surface area contributed by atoms with Crippen LogP contribution in [0.2, 0.25) is 0 Å². The number of rotatable bonds is 7. The van der Waals surface area contributed by atoms with E-state index in [1.807, 2.05) is 6.07 Å². The van der Waals surface area contributed by atoms with E-state index in [4.69, 9.17) is 10.00 Å². The monoisotopic (exact) mass is 391 g/mol. The molecular weight excluding hydrogens is 362 g/mol. The lowest BCUT2D eigenvalue weighted by Crippen LogP contribution is -2.38. The van der Waals surface area contributed by atoms with Crippen molar-refractivity contribution in [2.45, 2.75) is 58.3 Å². The van der Waals surface area contributed by atoms with Gasteiger partial charge in [0, 0.05) is 19.1 Å². The molecule has 1 amide bonds. The van der Waals surface area contributed by atoms with Gasteiger partial charge in [-0.2, -0.15) is 5.26 Å².